The van der Waals surface area contributed by atoms with E-state index in [9.17, 15) is 4.79 Å². The van der Waals surface area contributed by atoms with E-state index >= 15 is 0 Å². The van der Waals surface area contributed by atoms with Crippen LogP contribution in [0, 0.1) is 6.92 Å². The van der Waals surface area contributed by atoms with Gasteiger partial charge in [-0.05, 0) is 30.7 Å². The molecule has 1 aromatic heterocycles. The number of aryl methyl sites for hydroxylation is 1. The van der Waals surface area contributed by atoms with Gasteiger partial charge in [0, 0.05) is 6.20 Å². The fourth-order valence-electron chi connectivity index (χ4n) is 1.53. The molecule has 0 fully saturated rings. The predicted molar refractivity (Wildman–Crippen MR) is 67.7 cm³/mol. The summed E-state index contributed by atoms with van der Waals surface area (Å²) in [7, 11) is 1.56. The summed E-state index contributed by atoms with van der Waals surface area (Å²) in [6, 6.07) is 7.12. The van der Waals surface area contributed by atoms with Gasteiger partial charge in [-0.15, -0.1) is 0 Å². The lowest BCUT2D eigenvalue weighted by Crippen LogP contribution is -2.14. The maximum atomic E-state index is 11.9. The van der Waals surface area contributed by atoms with Gasteiger partial charge < -0.3 is 10.1 Å². The first-order valence-corrected chi connectivity index (χ1v) is 5.42. The van der Waals surface area contributed by atoms with Crippen LogP contribution in [-0.2, 0) is 0 Å². The van der Waals surface area contributed by atoms with Crippen molar-refractivity contribution in [1.29, 1.82) is 0 Å². The van der Waals surface area contributed by atoms with Crippen molar-refractivity contribution in [2.75, 3.05) is 12.4 Å². The summed E-state index contributed by atoms with van der Waals surface area (Å²) in [5.41, 5.74) is 1.98. The minimum absolute atomic E-state index is 0.290. The lowest BCUT2D eigenvalue weighted by atomic mass is 10.2. The van der Waals surface area contributed by atoms with Gasteiger partial charge in [0.25, 0.3) is 5.91 Å². The smallest absolute Gasteiger partial charge is 0.274 e. The summed E-state index contributed by atoms with van der Waals surface area (Å²) in [5.74, 6) is 0.323. The molecule has 1 amide bonds. The topological polar surface area (TPSA) is 64.1 Å². The van der Waals surface area contributed by atoms with Crippen molar-refractivity contribution in [3.05, 3.63) is 48.0 Å². The molecule has 0 aliphatic heterocycles. The standard InChI is InChI=1S/C13H13N3O2/c1-9-3-4-12(18-2)11(7-9)16-13(17)10-5-6-14-8-15-10/h3-8H,1-2H3,(H,16,17). The summed E-state index contributed by atoms with van der Waals surface area (Å²) >= 11 is 0. The van der Waals surface area contributed by atoms with Crippen molar-refractivity contribution in [3.8, 4) is 5.75 Å². The summed E-state index contributed by atoms with van der Waals surface area (Å²) in [5, 5.41) is 2.76. The fourth-order valence-corrected chi connectivity index (χ4v) is 1.53. The zero-order valence-corrected chi connectivity index (χ0v) is 10.2. The Morgan fingerprint density at radius 3 is 2.83 bits per heavy atom. The quantitative estimate of drug-likeness (QED) is 0.896. The molecule has 1 heterocycles. The molecule has 2 rings (SSSR count). The Labute approximate surface area is 105 Å². The van der Waals surface area contributed by atoms with Gasteiger partial charge in [-0.3, -0.25) is 4.79 Å². The first-order valence-electron chi connectivity index (χ1n) is 5.42. The van der Waals surface area contributed by atoms with Gasteiger partial charge in [-0.25, -0.2) is 9.97 Å². The average molecular weight is 243 g/mol. The second kappa shape index (κ2) is 5.27. The number of hydrogen-bond donors (Lipinski definition) is 1. The normalized spacial score (nSPS) is 9.89. The lowest BCUT2D eigenvalue weighted by molar-refractivity contribution is 0.102. The third kappa shape index (κ3) is 2.63. The largest absolute Gasteiger partial charge is 0.495 e. The number of benzene rings is 1. The van der Waals surface area contributed by atoms with Crippen molar-refractivity contribution in [2.45, 2.75) is 6.92 Å². The van der Waals surface area contributed by atoms with Crippen molar-refractivity contribution in [1.82, 2.24) is 9.97 Å². The molecule has 0 saturated heterocycles. The SMILES string of the molecule is COc1ccc(C)cc1NC(=O)c1ccncn1. The monoisotopic (exact) mass is 243 g/mol. The molecule has 1 aromatic carbocycles. The van der Waals surface area contributed by atoms with Crippen LogP contribution in [0.15, 0.2) is 36.8 Å². The van der Waals surface area contributed by atoms with Crippen molar-refractivity contribution in [2.24, 2.45) is 0 Å². The second-order valence-electron chi connectivity index (χ2n) is 3.75. The molecule has 1 N–H and O–H groups in total. The molecule has 92 valence electrons. The highest BCUT2D eigenvalue weighted by Gasteiger charge is 2.10. The lowest BCUT2D eigenvalue weighted by Gasteiger charge is -2.10. The van der Waals surface area contributed by atoms with Gasteiger partial charge in [0.05, 0.1) is 12.8 Å². The van der Waals surface area contributed by atoms with E-state index in [0.29, 0.717) is 17.1 Å². The van der Waals surface area contributed by atoms with E-state index in [1.165, 1.54) is 12.5 Å². The van der Waals surface area contributed by atoms with Crippen LogP contribution in [-0.4, -0.2) is 23.0 Å². The Hall–Kier alpha value is -2.43. The van der Waals surface area contributed by atoms with Crippen LogP contribution in [0.4, 0.5) is 5.69 Å². The van der Waals surface area contributed by atoms with Crippen molar-refractivity contribution in [3.63, 3.8) is 0 Å². The third-order valence-corrected chi connectivity index (χ3v) is 2.42. The number of nitrogens with zero attached hydrogens (tertiary/aromatic N) is 2. The maximum Gasteiger partial charge on any atom is 0.274 e. The first-order chi connectivity index (χ1) is 8.70. The minimum atomic E-state index is -0.290. The molecule has 0 aliphatic rings. The van der Waals surface area contributed by atoms with Crippen molar-refractivity contribution >= 4 is 11.6 Å². The van der Waals surface area contributed by atoms with E-state index in [0.717, 1.165) is 5.56 Å². The molecule has 0 bridgehead atoms. The molecule has 5 heteroatoms. The molecule has 0 spiro atoms. The second-order valence-corrected chi connectivity index (χ2v) is 3.75. The Morgan fingerprint density at radius 1 is 1.33 bits per heavy atom. The van der Waals surface area contributed by atoms with Gasteiger partial charge in [0.15, 0.2) is 0 Å². The number of carbonyl (C=O) groups excluding carboxylic acids is 1. The molecule has 18 heavy (non-hydrogen) atoms. The minimum Gasteiger partial charge on any atom is -0.495 e. The predicted octanol–water partition coefficient (Wildman–Crippen LogP) is 2.05. The molecular weight excluding hydrogens is 230 g/mol. The molecule has 2 aromatic rings. The van der Waals surface area contributed by atoms with Crippen LogP contribution in [0.3, 0.4) is 0 Å². The molecular formula is C13H13N3O2. The molecule has 0 unspecified atom stereocenters. The zero-order chi connectivity index (χ0) is 13.0. The van der Waals surface area contributed by atoms with Crippen LogP contribution in [0.1, 0.15) is 16.1 Å². The Balaban J connectivity index is 2.24. The Morgan fingerprint density at radius 2 is 2.17 bits per heavy atom. The number of rotatable bonds is 3. The molecule has 0 radical (unpaired) electrons. The number of amides is 1. The van der Waals surface area contributed by atoms with Crippen molar-refractivity contribution < 1.29 is 9.53 Å². The summed E-state index contributed by atoms with van der Waals surface area (Å²) in [6.07, 6.45) is 2.86. The van der Waals surface area contributed by atoms with E-state index < -0.39 is 0 Å². The molecule has 5 nitrogen and oxygen atoms in total. The van der Waals surface area contributed by atoms with Gasteiger partial charge in [0.2, 0.25) is 0 Å². The number of aromatic nitrogens is 2. The summed E-state index contributed by atoms with van der Waals surface area (Å²) < 4.78 is 5.19. The van der Waals surface area contributed by atoms with Gasteiger partial charge in [-0.2, -0.15) is 0 Å². The van der Waals surface area contributed by atoms with E-state index in [2.05, 4.69) is 15.3 Å². The highest BCUT2D eigenvalue weighted by molar-refractivity contribution is 6.03. The van der Waals surface area contributed by atoms with Gasteiger partial charge in [-0.1, -0.05) is 6.07 Å². The van der Waals surface area contributed by atoms with E-state index in [4.69, 9.17) is 4.74 Å². The first kappa shape index (κ1) is 12.0. The Bertz CT molecular complexity index is 555. The van der Waals surface area contributed by atoms with E-state index in [1.807, 2.05) is 25.1 Å². The van der Waals surface area contributed by atoms with Crippen LogP contribution >= 0.6 is 0 Å². The van der Waals surface area contributed by atoms with E-state index in [1.54, 1.807) is 13.2 Å². The number of nitrogens with one attached hydrogen (secondary N) is 1. The van der Waals surface area contributed by atoms with Crippen LogP contribution in [0.2, 0.25) is 0 Å². The fraction of sp³-hybridized carbons (Fsp3) is 0.154. The highest BCUT2D eigenvalue weighted by Crippen LogP contribution is 2.25. The number of methoxy groups -OCH3 is 1. The molecule has 0 aliphatic carbocycles. The van der Waals surface area contributed by atoms with E-state index in [-0.39, 0.29) is 5.91 Å². The molecule has 0 saturated carbocycles. The third-order valence-electron chi connectivity index (χ3n) is 2.42. The van der Waals surface area contributed by atoms with Gasteiger partial charge in [0.1, 0.15) is 17.8 Å². The zero-order valence-electron chi connectivity index (χ0n) is 10.2. The number of anilines is 1. The Kier molecular flexibility index (Phi) is 3.52. The highest BCUT2D eigenvalue weighted by atomic mass is 16.5. The number of carbonyl (C=O) groups is 1. The number of hydrogen-bond acceptors (Lipinski definition) is 4. The summed E-state index contributed by atoms with van der Waals surface area (Å²) in [6.45, 7) is 1.94. The maximum absolute atomic E-state index is 11.9. The average Bonchev–Trinajstić information content (AvgIpc) is 2.40. The van der Waals surface area contributed by atoms with Crippen LogP contribution in [0.25, 0.3) is 0 Å². The summed E-state index contributed by atoms with van der Waals surface area (Å²) in [4.78, 5) is 19.6. The number of ether oxygens (including phenoxy) is 1. The van der Waals surface area contributed by atoms with Crippen LogP contribution < -0.4 is 10.1 Å². The van der Waals surface area contributed by atoms with Crippen LogP contribution in [0.5, 0.6) is 5.75 Å². The molecule has 0 atom stereocenters. The van der Waals surface area contributed by atoms with Gasteiger partial charge >= 0.3 is 0 Å².